The molecule has 1 amide bonds. The minimum atomic E-state index is -3.13. The first-order valence-electron chi connectivity index (χ1n) is 7.75. The van der Waals surface area contributed by atoms with E-state index in [1.165, 1.54) is 4.31 Å². The summed E-state index contributed by atoms with van der Waals surface area (Å²) in [5.41, 5.74) is 2.66. The Labute approximate surface area is 141 Å². The van der Waals surface area contributed by atoms with Crippen LogP contribution in [0.3, 0.4) is 0 Å². The maximum atomic E-state index is 12.3. The number of rotatable bonds is 4. The van der Waals surface area contributed by atoms with Crippen molar-refractivity contribution in [1.29, 1.82) is 0 Å². The Kier molecular flexibility index (Phi) is 4.64. The zero-order valence-corrected chi connectivity index (χ0v) is 14.2. The van der Waals surface area contributed by atoms with E-state index in [0.717, 1.165) is 5.56 Å². The van der Waals surface area contributed by atoms with Gasteiger partial charge in [0.15, 0.2) is 0 Å². The van der Waals surface area contributed by atoms with Gasteiger partial charge in [-0.25, -0.2) is 8.42 Å². The lowest BCUT2D eigenvalue weighted by Crippen LogP contribution is -2.25. The highest BCUT2D eigenvalue weighted by Gasteiger charge is 2.27. The number of anilines is 1. The molecule has 0 aliphatic carbocycles. The highest BCUT2D eigenvalue weighted by Crippen LogP contribution is 2.20. The average Bonchev–Trinajstić information content (AvgIpc) is 2.86. The summed E-state index contributed by atoms with van der Waals surface area (Å²) in [6, 6.07) is 10.7. The fourth-order valence-electron chi connectivity index (χ4n) is 2.74. The molecular formula is C17H19N3O3S. The van der Waals surface area contributed by atoms with E-state index in [1.807, 2.05) is 12.1 Å². The largest absolute Gasteiger partial charge is 0.322 e. The molecule has 1 fully saturated rings. The van der Waals surface area contributed by atoms with Gasteiger partial charge < -0.3 is 5.32 Å². The van der Waals surface area contributed by atoms with Crippen LogP contribution in [0.4, 0.5) is 5.69 Å². The molecule has 0 radical (unpaired) electrons. The molecule has 1 N–H and O–H groups in total. The zero-order valence-electron chi connectivity index (χ0n) is 13.4. The molecule has 1 saturated heterocycles. The van der Waals surface area contributed by atoms with Crippen molar-refractivity contribution in [3.63, 3.8) is 0 Å². The Bertz CT molecular complexity index is 865. The van der Waals surface area contributed by atoms with Crippen molar-refractivity contribution in [2.24, 2.45) is 0 Å². The van der Waals surface area contributed by atoms with Gasteiger partial charge in [0.05, 0.1) is 11.3 Å². The Balaban J connectivity index is 1.74. The second-order valence-electron chi connectivity index (χ2n) is 5.79. The number of hydrogen-bond donors (Lipinski definition) is 1. The van der Waals surface area contributed by atoms with Gasteiger partial charge in [0.1, 0.15) is 0 Å². The molecule has 0 unspecified atom stereocenters. The van der Waals surface area contributed by atoms with Crippen LogP contribution in [0, 0.1) is 6.92 Å². The van der Waals surface area contributed by atoms with Crippen molar-refractivity contribution in [1.82, 2.24) is 9.29 Å². The summed E-state index contributed by atoms with van der Waals surface area (Å²) in [6.07, 6.45) is 2.31. The number of carbonyl (C=O) groups excluding carboxylic acids is 1. The predicted molar refractivity (Wildman–Crippen MR) is 92.2 cm³/mol. The van der Waals surface area contributed by atoms with E-state index in [4.69, 9.17) is 0 Å². The van der Waals surface area contributed by atoms with E-state index < -0.39 is 10.0 Å². The maximum Gasteiger partial charge on any atom is 0.257 e. The zero-order chi connectivity index (χ0) is 17.2. The average molecular weight is 345 g/mol. The van der Waals surface area contributed by atoms with Crippen LogP contribution in [0.15, 0.2) is 42.6 Å². The minimum absolute atomic E-state index is 0.212. The Hall–Kier alpha value is -2.25. The van der Waals surface area contributed by atoms with Crippen LogP contribution >= 0.6 is 0 Å². The molecule has 24 heavy (non-hydrogen) atoms. The van der Waals surface area contributed by atoms with Crippen LogP contribution in [0.5, 0.6) is 0 Å². The number of nitrogens with one attached hydrogen (secondary N) is 1. The first kappa shape index (κ1) is 16.6. The molecule has 3 rings (SSSR count). The predicted octanol–water partition coefficient (Wildman–Crippen LogP) is 2.18. The molecule has 1 aromatic carbocycles. The van der Waals surface area contributed by atoms with E-state index in [2.05, 4.69) is 10.3 Å². The Morgan fingerprint density at radius 1 is 1.29 bits per heavy atom. The first-order chi connectivity index (χ1) is 11.5. The van der Waals surface area contributed by atoms with Crippen LogP contribution in [0.1, 0.15) is 28.0 Å². The number of benzene rings is 1. The number of aryl methyl sites for hydroxylation is 1. The van der Waals surface area contributed by atoms with Crippen molar-refractivity contribution >= 4 is 21.6 Å². The molecule has 7 heteroatoms. The Morgan fingerprint density at radius 2 is 2.12 bits per heavy atom. The van der Waals surface area contributed by atoms with Crippen molar-refractivity contribution in [2.75, 3.05) is 17.6 Å². The fraction of sp³-hybridized carbons (Fsp3) is 0.294. The third-order valence-corrected chi connectivity index (χ3v) is 5.90. The molecule has 2 aromatic rings. The lowest BCUT2D eigenvalue weighted by atomic mass is 10.1. The van der Waals surface area contributed by atoms with Gasteiger partial charge in [0.2, 0.25) is 10.0 Å². The van der Waals surface area contributed by atoms with Crippen LogP contribution in [-0.4, -0.2) is 35.9 Å². The molecule has 1 aliphatic heterocycles. The van der Waals surface area contributed by atoms with E-state index in [-0.39, 0.29) is 11.7 Å². The molecule has 126 valence electrons. The highest BCUT2D eigenvalue weighted by atomic mass is 32.2. The molecular weight excluding hydrogens is 326 g/mol. The fourth-order valence-corrected chi connectivity index (χ4v) is 4.25. The minimum Gasteiger partial charge on any atom is -0.322 e. The smallest absolute Gasteiger partial charge is 0.257 e. The number of sulfonamides is 1. The summed E-state index contributed by atoms with van der Waals surface area (Å²) in [5.74, 6) is -0.0180. The van der Waals surface area contributed by atoms with Crippen LogP contribution < -0.4 is 5.32 Å². The number of hydrogen-bond acceptors (Lipinski definition) is 4. The SMILES string of the molecule is Cc1ncccc1C(=O)Nc1cccc(CN2CCCS2(=O)=O)c1. The summed E-state index contributed by atoms with van der Waals surface area (Å²) < 4.78 is 25.3. The lowest BCUT2D eigenvalue weighted by molar-refractivity contribution is 0.102. The van der Waals surface area contributed by atoms with Gasteiger partial charge in [-0.2, -0.15) is 4.31 Å². The van der Waals surface area contributed by atoms with E-state index in [9.17, 15) is 13.2 Å². The van der Waals surface area contributed by atoms with Gasteiger partial charge in [0.25, 0.3) is 5.91 Å². The van der Waals surface area contributed by atoms with Gasteiger partial charge in [-0.05, 0) is 43.2 Å². The Morgan fingerprint density at radius 3 is 2.83 bits per heavy atom. The van der Waals surface area contributed by atoms with Crippen molar-refractivity contribution in [3.8, 4) is 0 Å². The van der Waals surface area contributed by atoms with Crippen LogP contribution in [-0.2, 0) is 16.6 Å². The monoisotopic (exact) mass is 345 g/mol. The second-order valence-corrected chi connectivity index (χ2v) is 7.88. The van der Waals surface area contributed by atoms with Crippen molar-refractivity contribution in [2.45, 2.75) is 19.9 Å². The maximum absolute atomic E-state index is 12.3. The van der Waals surface area contributed by atoms with Gasteiger partial charge in [-0.1, -0.05) is 12.1 Å². The summed E-state index contributed by atoms with van der Waals surface area (Å²) in [7, 11) is -3.13. The van der Waals surface area contributed by atoms with E-state index in [0.29, 0.717) is 36.5 Å². The molecule has 6 nitrogen and oxygen atoms in total. The number of amides is 1. The van der Waals surface area contributed by atoms with Gasteiger partial charge in [0, 0.05) is 30.7 Å². The summed E-state index contributed by atoms with van der Waals surface area (Å²) >= 11 is 0. The quantitative estimate of drug-likeness (QED) is 0.921. The molecule has 1 aromatic heterocycles. The highest BCUT2D eigenvalue weighted by molar-refractivity contribution is 7.89. The third-order valence-electron chi connectivity index (χ3n) is 4.00. The molecule has 0 saturated carbocycles. The summed E-state index contributed by atoms with van der Waals surface area (Å²) in [6.45, 7) is 2.66. The summed E-state index contributed by atoms with van der Waals surface area (Å²) in [4.78, 5) is 16.4. The second kappa shape index (κ2) is 6.70. The number of carbonyl (C=O) groups is 1. The van der Waals surface area contributed by atoms with E-state index >= 15 is 0 Å². The lowest BCUT2D eigenvalue weighted by Gasteiger charge is -2.15. The topological polar surface area (TPSA) is 79.4 Å². The van der Waals surface area contributed by atoms with Crippen LogP contribution in [0.2, 0.25) is 0 Å². The molecule has 0 bridgehead atoms. The normalized spacial score (nSPS) is 16.9. The van der Waals surface area contributed by atoms with Gasteiger partial charge >= 0.3 is 0 Å². The molecule has 2 heterocycles. The molecule has 0 atom stereocenters. The van der Waals surface area contributed by atoms with Crippen LogP contribution in [0.25, 0.3) is 0 Å². The summed E-state index contributed by atoms with van der Waals surface area (Å²) in [5, 5.41) is 2.84. The van der Waals surface area contributed by atoms with Gasteiger partial charge in [-0.15, -0.1) is 0 Å². The number of aromatic nitrogens is 1. The number of nitrogens with zero attached hydrogens (tertiary/aromatic N) is 2. The number of pyridine rings is 1. The van der Waals surface area contributed by atoms with Crippen molar-refractivity contribution < 1.29 is 13.2 Å². The van der Waals surface area contributed by atoms with Crippen molar-refractivity contribution in [3.05, 3.63) is 59.4 Å². The first-order valence-corrected chi connectivity index (χ1v) is 9.36. The van der Waals surface area contributed by atoms with Gasteiger partial charge in [-0.3, -0.25) is 9.78 Å². The molecule has 1 aliphatic rings. The third kappa shape index (κ3) is 3.63. The van der Waals surface area contributed by atoms with E-state index in [1.54, 1.807) is 37.4 Å². The standard InChI is InChI=1S/C17H19N3O3S/c1-13-16(7-3-8-18-13)17(21)19-15-6-2-5-14(11-15)12-20-9-4-10-24(20,22)23/h2-3,5-8,11H,4,9-10,12H2,1H3,(H,19,21). The molecule has 0 spiro atoms.